The average Bonchev–Trinajstić information content (AvgIpc) is 2.86. The van der Waals surface area contributed by atoms with Crippen molar-refractivity contribution in [2.45, 2.75) is 13.8 Å². The second kappa shape index (κ2) is 10.3. The molecule has 6 heteroatoms. The molecule has 35 heavy (non-hydrogen) atoms. The second-order valence-corrected chi connectivity index (χ2v) is 8.42. The van der Waals surface area contributed by atoms with Crippen LogP contribution in [0.5, 0.6) is 11.5 Å². The topological polar surface area (TPSA) is 72.5 Å². The standard InChI is InChI=1S/C29H24FNO4/c1-18(2)17-34-28-21(5-4-6-26(28)33-3)11-14-25-27(20-9-7-19(16-31)8-10-20)24-15-22(30)12-13-23(24)29(32)35-25/h4-15,18H,17H2,1-3H3. The van der Waals surface area contributed by atoms with Gasteiger partial charge in [0.25, 0.3) is 0 Å². The Balaban J connectivity index is 1.90. The lowest BCUT2D eigenvalue weighted by atomic mass is 9.97. The van der Waals surface area contributed by atoms with Gasteiger partial charge in [0, 0.05) is 16.5 Å². The van der Waals surface area contributed by atoms with E-state index in [2.05, 4.69) is 19.9 Å². The number of hydrogen-bond acceptors (Lipinski definition) is 5. The molecule has 5 nitrogen and oxygen atoms in total. The van der Waals surface area contributed by atoms with Crippen LogP contribution in [0.15, 0.2) is 69.9 Å². The van der Waals surface area contributed by atoms with Crippen LogP contribution in [0.1, 0.15) is 30.7 Å². The fraction of sp³-hybridized carbons (Fsp3) is 0.172. The summed E-state index contributed by atoms with van der Waals surface area (Å²) in [7, 11) is 1.57. The van der Waals surface area contributed by atoms with Gasteiger partial charge in [-0.2, -0.15) is 5.26 Å². The molecule has 0 saturated carbocycles. The van der Waals surface area contributed by atoms with E-state index < -0.39 is 11.4 Å². The van der Waals surface area contributed by atoms with Crippen LogP contribution in [0.2, 0.25) is 0 Å². The van der Waals surface area contributed by atoms with Crippen LogP contribution in [-0.4, -0.2) is 13.7 Å². The van der Waals surface area contributed by atoms with E-state index >= 15 is 0 Å². The van der Waals surface area contributed by atoms with Crippen molar-refractivity contribution in [3.8, 4) is 28.7 Å². The van der Waals surface area contributed by atoms with E-state index in [4.69, 9.17) is 19.2 Å². The number of nitriles is 1. The molecule has 0 N–H and O–H groups in total. The van der Waals surface area contributed by atoms with Gasteiger partial charge in [0.15, 0.2) is 11.5 Å². The third-order valence-corrected chi connectivity index (χ3v) is 5.43. The second-order valence-electron chi connectivity index (χ2n) is 8.42. The molecule has 0 fully saturated rings. The van der Waals surface area contributed by atoms with E-state index in [1.807, 2.05) is 18.2 Å². The van der Waals surface area contributed by atoms with Crippen LogP contribution in [0.25, 0.3) is 34.1 Å². The summed E-state index contributed by atoms with van der Waals surface area (Å²) >= 11 is 0. The molecule has 4 aromatic rings. The van der Waals surface area contributed by atoms with Crippen molar-refractivity contribution in [3.63, 3.8) is 0 Å². The van der Waals surface area contributed by atoms with E-state index in [-0.39, 0.29) is 11.1 Å². The van der Waals surface area contributed by atoms with Crippen LogP contribution in [-0.2, 0) is 0 Å². The maximum Gasteiger partial charge on any atom is 0.344 e. The molecule has 0 spiro atoms. The minimum absolute atomic E-state index is 0.260. The molecule has 0 unspecified atom stereocenters. The van der Waals surface area contributed by atoms with Crippen molar-refractivity contribution < 1.29 is 18.3 Å². The van der Waals surface area contributed by atoms with Gasteiger partial charge in [-0.15, -0.1) is 0 Å². The average molecular weight is 470 g/mol. The monoisotopic (exact) mass is 469 g/mol. The normalized spacial score (nSPS) is 11.2. The van der Waals surface area contributed by atoms with E-state index in [1.54, 1.807) is 43.5 Å². The molecular formula is C29H24FNO4. The first-order valence-electron chi connectivity index (χ1n) is 11.2. The molecule has 0 aliphatic rings. The SMILES string of the molecule is COc1cccc(C=Cc2oc(=O)c3ccc(F)cc3c2-c2ccc(C#N)cc2)c1OCC(C)C. The molecule has 0 amide bonds. The maximum atomic E-state index is 14.2. The Morgan fingerprint density at radius 3 is 2.51 bits per heavy atom. The lowest BCUT2D eigenvalue weighted by molar-refractivity contribution is 0.256. The molecule has 4 rings (SSSR count). The summed E-state index contributed by atoms with van der Waals surface area (Å²) in [6, 6.07) is 18.4. The molecule has 0 aliphatic carbocycles. The van der Waals surface area contributed by atoms with Gasteiger partial charge < -0.3 is 13.9 Å². The first kappa shape index (κ1) is 23.8. The summed E-state index contributed by atoms with van der Waals surface area (Å²) < 4.78 is 31.4. The van der Waals surface area contributed by atoms with Gasteiger partial charge in [-0.1, -0.05) is 38.1 Å². The highest BCUT2D eigenvalue weighted by Crippen LogP contribution is 2.35. The van der Waals surface area contributed by atoms with Crippen molar-refractivity contribution in [1.82, 2.24) is 0 Å². The zero-order valence-electron chi connectivity index (χ0n) is 19.7. The molecule has 0 aliphatic heterocycles. The Bertz CT molecular complexity index is 1490. The quantitative estimate of drug-likeness (QED) is 0.302. The molecule has 0 atom stereocenters. The maximum absolute atomic E-state index is 14.2. The number of para-hydroxylation sites is 1. The van der Waals surface area contributed by atoms with Gasteiger partial charge in [-0.25, -0.2) is 9.18 Å². The molecule has 176 valence electrons. The van der Waals surface area contributed by atoms with E-state index in [0.717, 1.165) is 5.56 Å². The van der Waals surface area contributed by atoms with Gasteiger partial charge in [0.1, 0.15) is 11.6 Å². The van der Waals surface area contributed by atoms with E-state index in [9.17, 15) is 9.18 Å². The van der Waals surface area contributed by atoms with Gasteiger partial charge in [0.2, 0.25) is 0 Å². The number of methoxy groups -OCH3 is 1. The Morgan fingerprint density at radius 2 is 1.83 bits per heavy atom. The summed E-state index contributed by atoms with van der Waals surface area (Å²) in [5.74, 6) is 1.27. The molecule has 0 radical (unpaired) electrons. The highest BCUT2D eigenvalue weighted by Gasteiger charge is 2.16. The summed E-state index contributed by atoms with van der Waals surface area (Å²) in [6.07, 6.45) is 3.44. The molecule has 1 aromatic heterocycles. The molecule has 1 heterocycles. The number of rotatable bonds is 7. The van der Waals surface area contributed by atoms with Gasteiger partial charge in [0.05, 0.1) is 30.7 Å². The lowest BCUT2D eigenvalue weighted by Crippen LogP contribution is -2.06. The third-order valence-electron chi connectivity index (χ3n) is 5.43. The Hall–Kier alpha value is -4.37. The van der Waals surface area contributed by atoms with Crippen LogP contribution in [0, 0.1) is 23.1 Å². The third kappa shape index (κ3) is 5.10. The Kier molecular flexibility index (Phi) is 6.98. The van der Waals surface area contributed by atoms with Crippen molar-refractivity contribution in [1.29, 1.82) is 5.26 Å². The highest BCUT2D eigenvalue weighted by molar-refractivity contribution is 5.99. The fourth-order valence-corrected chi connectivity index (χ4v) is 3.76. The van der Waals surface area contributed by atoms with Crippen molar-refractivity contribution in [3.05, 3.63) is 93.8 Å². The minimum Gasteiger partial charge on any atom is -0.493 e. The van der Waals surface area contributed by atoms with Gasteiger partial charge in [-0.05, 0) is 60.0 Å². The molecule has 3 aromatic carbocycles. The summed E-state index contributed by atoms with van der Waals surface area (Å²) in [4.78, 5) is 12.7. The summed E-state index contributed by atoms with van der Waals surface area (Å²) in [5, 5.41) is 9.85. The number of hydrogen-bond donors (Lipinski definition) is 0. The van der Waals surface area contributed by atoms with Crippen molar-refractivity contribution in [2.75, 3.05) is 13.7 Å². The number of nitrogens with zero attached hydrogens (tertiary/aromatic N) is 1. The van der Waals surface area contributed by atoms with Crippen LogP contribution in [0.3, 0.4) is 0 Å². The summed E-state index contributed by atoms with van der Waals surface area (Å²) in [6.45, 7) is 4.61. The Morgan fingerprint density at radius 1 is 1.06 bits per heavy atom. The predicted octanol–water partition coefficient (Wildman–Crippen LogP) is 6.68. The van der Waals surface area contributed by atoms with Gasteiger partial charge >= 0.3 is 5.63 Å². The summed E-state index contributed by atoms with van der Waals surface area (Å²) in [5.41, 5.74) is 1.89. The van der Waals surface area contributed by atoms with E-state index in [0.29, 0.717) is 46.1 Å². The Labute approximate surface area is 202 Å². The number of halogens is 1. The lowest BCUT2D eigenvalue weighted by Gasteiger charge is -2.15. The number of benzene rings is 3. The van der Waals surface area contributed by atoms with Crippen molar-refractivity contribution in [2.24, 2.45) is 5.92 Å². The molecule has 0 saturated heterocycles. The zero-order valence-corrected chi connectivity index (χ0v) is 19.7. The van der Waals surface area contributed by atoms with Crippen LogP contribution >= 0.6 is 0 Å². The largest absolute Gasteiger partial charge is 0.493 e. The van der Waals surface area contributed by atoms with Crippen LogP contribution < -0.4 is 15.1 Å². The van der Waals surface area contributed by atoms with Crippen LogP contribution in [0.4, 0.5) is 4.39 Å². The number of fused-ring (bicyclic) bond motifs is 1. The number of ether oxygens (including phenoxy) is 2. The molecule has 0 bridgehead atoms. The smallest absolute Gasteiger partial charge is 0.344 e. The first-order chi connectivity index (χ1) is 16.9. The van der Waals surface area contributed by atoms with E-state index in [1.165, 1.54) is 18.2 Å². The van der Waals surface area contributed by atoms with Gasteiger partial charge in [-0.3, -0.25) is 0 Å². The first-order valence-corrected chi connectivity index (χ1v) is 11.2. The van der Waals surface area contributed by atoms with Crippen molar-refractivity contribution >= 4 is 22.9 Å². The fourth-order valence-electron chi connectivity index (χ4n) is 3.76. The predicted molar refractivity (Wildman–Crippen MR) is 135 cm³/mol. The zero-order chi connectivity index (χ0) is 24.9. The minimum atomic E-state index is -0.570. The highest BCUT2D eigenvalue weighted by atomic mass is 19.1. The molecular weight excluding hydrogens is 445 g/mol.